The Morgan fingerprint density at radius 1 is 1.09 bits per heavy atom. The third-order valence-electron chi connectivity index (χ3n) is 5.47. The monoisotopic (exact) mass is 436 g/mol. The van der Waals surface area contributed by atoms with E-state index in [-0.39, 0.29) is 17.8 Å². The quantitative estimate of drug-likeness (QED) is 0.329. The minimum atomic E-state index is -0.518. The van der Waals surface area contributed by atoms with Crippen LogP contribution in [0.15, 0.2) is 42.5 Å². The van der Waals surface area contributed by atoms with Gasteiger partial charge in [-0.1, -0.05) is 37.3 Å². The Labute approximate surface area is 193 Å². The highest BCUT2D eigenvalue weighted by molar-refractivity contribution is 5.73. The maximum absolute atomic E-state index is 12.8. The zero-order valence-electron chi connectivity index (χ0n) is 20.2. The van der Waals surface area contributed by atoms with Gasteiger partial charge in [0.05, 0.1) is 26.2 Å². The van der Waals surface area contributed by atoms with E-state index in [1.54, 1.807) is 7.11 Å². The number of methoxy groups -OCH3 is 1. The Kier molecular flexibility index (Phi) is 9.35. The third-order valence-corrected chi connectivity index (χ3v) is 5.47. The van der Waals surface area contributed by atoms with Crippen LogP contribution in [0.2, 0.25) is 0 Å². The number of rotatable bonds is 10. The van der Waals surface area contributed by atoms with Crippen molar-refractivity contribution in [2.45, 2.75) is 72.2 Å². The number of hydrogen-bond donors (Lipinski definition) is 0. The molecule has 2 unspecified atom stereocenters. The molecule has 0 bridgehead atoms. The van der Waals surface area contributed by atoms with Crippen molar-refractivity contribution in [2.75, 3.05) is 7.11 Å². The number of carbonyl (C=O) groups is 1. The summed E-state index contributed by atoms with van der Waals surface area (Å²) >= 11 is 0. The third kappa shape index (κ3) is 7.73. The van der Waals surface area contributed by atoms with Gasteiger partial charge in [-0.2, -0.15) is 0 Å². The Balaban J connectivity index is 2.14. The molecule has 0 aliphatic rings. The Bertz CT molecular complexity index is 916. The van der Waals surface area contributed by atoms with Crippen LogP contribution in [0.1, 0.15) is 68.7 Å². The van der Waals surface area contributed by atoms with E-state index in [4.69, 9.17) is 20.6 Å². The van der Waals surface area contributed by atoms with Crippen LogP contribution in [-0.2, 0) is 27.5 Å². The summed E-state index contributed by atoms with van der Waals surface area (Å²) in [5.41, 5.74) is 3.93. The van der Waals surface area contributed by atoms with Crippen molar-refractivity contribution >= 4 is 5.97 Å². The topological polar surface area (TPSA) is 44.8 Å². The molecule has 4 nitrogen and oxygen atoms in total. The molecule has 0 radical (unpaired) electrons. The van der Waals surface area contributed by atoms with Crippen LogP contribution < -0.4 is 4.74 Å². The lowest BCUT2D eigenvalue weighted by Gasteiger charge is -2.27. The van der Waals surface area contributed by atoms with Crippen molar-refractivity contribution in [3.8, 4) is 18.1 Å². The van der Waals surface area contributed by atoms with E-state index < -0.39 is 5.60 Å². The fraction of sp³-hybridized carbons (Fsp3) is 0.464. The second-order valence-electron chi connectivity index (χ2n) is 9.20. The van der Waals surface area contributed by atoms with Gasteiger partial charge in [0.15, 0.2) is 0 Å². The Hall–Kier alpha value is -2.77. The van der Waals surface area contributed by atoms with Crippen molar-refractivity contribution < 1.29 is 19.0 Å². The summed E-state index contributed by atoms with van der Waals surface area (Å²) in [6.07, 6.45) is 6.87. The van der Waals surface area contributed by atoms with Gasteiger partial charge < -0.3 is 14.2 Å². The summed E-state index contributed by atoms with van der Waals surface area (Å²) in [7, 11) is 1.65. The minimum absolute atomic E-state index is 0.0122. The molecule has 2 aromatic rings. The molecular formula is C28H36O4. The smallest absolute Gasteiger partial charge is 0.309 e. The second-order valence-corrected chi connectivity index (χ2v) is 9.20. The van der Waals surface area contributed by atoms with E-state index in [1.165, 1.54) is 0 Å². The molecule has 4 heteroatoms. The summed E-state index contributed by atoms with van der Waals surface area (Å²) in [6.45, 7) is 10.7. The average Bonchev–Trinajstić information content (AvgIpc) is 2.75. The predicted molar refractivity (Wildman–Crippen MR) is 128 cm³/mol. The largest absolute Gasteiger partial charge is 0.497 e. The maximum Gasteiger partial charge on any atom is 0.309 e. The molecule has 0 saturated carbocycles. The normalized spacial score (nSPS) is 13.2. The molecule has 0 amide bonds. The zero-order chi connectivity index (χ0) is 23.7. The summed E-state index contributed by atoms with van der Waals surface area (Å²) in [6, 6.07) is 14.2. The van der Waals surface area contributed by atoms with Crippen molar-refractivity contribution in [3.63, 3.8) is 0 Å². The SMILES string of the molecule is C#CCCC(c1ccc(C)c(COCc2ccc(OC)cc2)c1)C(C)C(=O)OC(C)(C)C. The maximum atomic E-state index is 12.8. The number of terminal acetylenes is 1. The Morgan fingerprint density at radius 3 is 2.38 bits per heavy atom. The molecule has 2 rings (SSSR count). The highest BCUT2D eigenvalue weighted by atomic mass is 16.6. The van der Waals surface area contributed by atoms with Gasteiger partial charge >= 0.3 is 5.97 Å². The second kappa shape index (κ2) is 11.7. The van der Waals surface area contributed by atoms with E-state index in [9.17, 15) is 4.79 Å². The molecule has 32 heavy (non-hydrogen) atoms. The average molecular weight is 437 g/mol. The first-order valence-corrected chi connectivity index (χ1v) is 11.1. The molecule has 0 fully saturated rings. The van der Waals surface area contributed by atoms with E-state index in [2.05, 4.69) is 31.0 Å². The van der Waals surface area contributed by atoms with Crippen LogP contribution in [0.3, 0.4) is 0 Å². The first-order valence-electron chi connectivity index (χ1n) is 11.1. The van der Waals surface area contributed by atoms with E-state index in [0.717, 1.165) is 34.4 Å². The van der Waals surface area contributed by atoms with Crippen LogP contribution in [0.4, 0.5) is 0 Å². The molecule has 0 saturated heterocycles. The fourth-order valence-corrected chi connectivity index (χ4v) is 3.58. The van der Waals surface area contributed by atoms with Crippen molar-refractivity contribution in [1.82, 2.24) is 0 Å². The molecule has 2 atom stereocenters. The number of esters is 1. The number of hydrogen-bond acceptors (Lipinski definition) is 4. The molecular weight excluding hydrogens is 400 g/mol. The number of benzene rings is 2. The fourth-order valence-electron chi connectivity index (χ4n) is 3.58. The van der Waals surface area contributed by atoms with Crippen LogP contribution >= 0.6 is 0 Å². The molecule has 0 aliphatic carbocycles. The lowest BCUT2D eigenvalue weighted by atomic mass is 9.82. The van der Waals surface area contributed by atoms with E-state index >= 15 is 0 Å². The van der Waals surface area contributed by atoms with Gasteiger partial charge in [0.25, 0.3) is 0 Å². The first-order chi connectivity index (χ1) is 15.1. The number of ether oxygens (including phenoxy) is 3. The molecule has 0 aliphatic heterocycles. The number of aryl methyl sites for hydroxylation is 1. The minimum Gasteiger partial charge on any atom is -0.497 e. The summed E-state index contributed by atoms with van der Waals surface area (Å²) in [4.78, 5) is 12.8. The van der Waals surface area contributed by atoms with Crippen LogP contribution in [-0.4, -0.2) is 18.7 Å². The van der Waals surface area contributed by atoms with Crippen molar-refractivity contribution in [1.29, 1.82) is 0 Å². The first kappa shape index (κ1) is 25.5. The van der Waals surface area contributed by atoms with Gasteiger partial charge in [0.2, 0.25) is 0 Å². The molecule has 0 heterocycles. The van der Waals surface area contributed by atoms with Crippen LogP contribution in [0.25, 0.3) is 0 Å². The van der Waals surface area contributed by atoms with Gasteiger partial charge in [-0.15, -0.1) is 12.3 Å². The molecule has 0 aromatic heterocycles. The van der Waals surface area contributed by atoms with E-state index in [0.29, 0.717) is 19.6 Å². The highest BCUT2D eigenvalue weighted by Gasteiger charge is 2.29. The van der Waals surface area contributed by atoms with Crippen LogP contribution in [0.5, 0.6) is 5.75 Å². The van der Waals surface area contributed by atoms with Gasteiger partial charge in [-0.05, 0) is 74.4 Å². The van der Waals surface area contributed by atoms with Crippen molar-refractivity contribution in [3.05, 3.63) is 64.7 Å². The molecule has 0 N–H and O–H groups in total. The highest BCUT2D eigenvalue weighted by Crippen LogP contribution is 2.32. The molecule has 172 valence electrons. The summed E-state index contributed by atoms with van der Waals surface area (Å²) < 4.78 is 16.8. The van der Waals surface area contributed by atoms with Crippen LogP contribution in [0, 0.1) is 25.2 Å². The predicted octanol–water partition coefficient (Wildman–Crippen LogP) is 6.20. The zero-order valence-corrected chi connectivity index (χ0v) is 20.2. The lowest BCUT2D eigenvalue weighted by molar-refractivity contribution is -0.160. The standard InChI is InChI=1S/C28H36O4/c1-8-9-10-26(21(3)27(29)32-28(4,5)6)23-14-11-20(2)24(17-23)19-31-18-22-12-15-25(30-7)16-13-22/h1,11-17,21,26H,9-10,18-19H2,2-7H3. The molecule has 2 aromatic carbocycles. The van der Waals surface area contributed by atoms with Crippen molar-refractivity contribution in [2.24, 2.45) is 5.92 Å². The lowest BCUT2D eigenvalue weighted by Crippen LogP contribution is -2.30. The number of carbonyl (C=O) groups excluding carboxylic acids is 1. The Morgan fingerprint density at radius 2 is 1.78 bits per heavy atom. The van der Waals surface area contributed by atoms with Gasteiger partial charge in [-0.25, -0.2) is 0 Å². The van der Waals surface area contributed by atoms with Gasteiger partial charge in [0, 0.05) is 6.42 Å². The van der Waals surface area contributed by atoms with Gasteiger partial charge in [0.1, 0.15) is 11.4 Å². The molecule has 0 spiro atoms. The summed E-state index contributed by atoms with van der Waals surface area (Å²) in [5, 5.41) is 0. The van der Waals surface area contributed by atoms with E-state index in [1.807, 2.05) is 52.0 Å². The van der Waals surface area contributed by atoms with Gasteiger partial charge in [-0.3, -0.25) is 4.79 Å². The summed E-state index contributed by atoms with van der Waals surface area (Å²) in [5.74, 6) is 3.04.